The molecule has 2 rings (SSSR count). The highest BCUT2D eigenvalue weighted by Crippen LogP contribution is 2.24. The maximum absolute atomic E-state index is 12.1. The minimum Gasteiger partial charge on any atom is -0.406 e. The van der Waals surface area contributed by atoms with Crippen molar-refractivity contribution in [2.75, 3.05) is 5.32 Å². The summed E-state index contributed by atoms with van der Waals surface area (Å²) in [4.78, 5) is 0. The topological polar surface area (TPSA) is 21.3 Å². The van der Waals surface area contributed by atoms with Crippen molar-refractivity contribution in [3.05, 3.63) is 59.2 Å². The number of benzene rings is 2. The smallest absolute Gasteiger partial charge is 0.406 e. The summed E-state index contributed by atoms with van der Waals surface area (Å²) >= 11 is 0. The van der Waals surface area contributed by atoms with Crippen molar-refractivity contribution in [1.29, 1.82) is 0 Å². The Balaban J connectivity index is 1.99. The molecule has 0 spiro atoms. The fourth-order valence-corrected chi connectivity index (χ4v) is 1.98. The molecule has 2 aromatic carbocycles. The molecule has 0 atom stereocenters. The number of anilines is 1. The number of ether oxygens (including phenoxy) is 1. The lowest BCUT2D eigenvalue weighted by Crippen LogP contribution is -2.17. The average Bonchev–Trinajstić information content (AvgIpc) is 2.40. The summed E-state index contributed by atoms with van der Waals surface area (Å²) in [5, 5.41) is 3.18. The predicted octanol–water partition coefficient (Wildman–Crippen LogP) is 4.81. The normalized spacial score (nSPS) is 11.3. The van der Waals surface area contributed by atoms with E-state index in [2.05, 4.69) is 10.1 Å². The average molecular weight is 295 g/mol. The van der Waals surface area contributed by atoms with Crippen LogP contribution in [0.4, 0.5) is 18.9 Å². The summed E-state index contributed by atoms with van der Waals surface area (Å²) in [6.07, 6.45) is -4.66. The highest BCUT2D eigenvalue weighted by atomic mass is 19.4. The molecule has 5 heteroatoms. The lowest BCUT2D eigenvalue weighted by Gasteiger charge is -2.12. The predicted molar refractivity (Wildman–Crippen MR) is 76.4 cm³/mol. The van der Waals surface area contributed by atoms with E-state index in [4.69, 9.17) is 0 Å². The first-order valence-corrected chi connectivity index (χ1v) is 6.50. The van der Waals surface area contributed by atoms with Crippen molar-refractivity contribution in [3.8, 4) is 5.75 Å². The zero-order chi connectivity index (χ0) is 15.5. The van der Waals surface area contributed by atoms with Crippen LogP contribution in [0.1, 0.15) is 16.7 Å². The molecule has 0 saturated heterocycles. The third kappa shape index (κ3) is 4.41. The van der Waals surface area contributed by atoms with Gasteiger partial charge in [0.15, 0.2) is 0 Å². The number of rotatable bonds is 4. The summed E-state index contributed by atoms with van der Waals surface area (Å²) in [5.41, 5.74) is 4.32. The van der Waals surface area contributed by atoms with E-state index in [1.807, 2.05) is 32.0 Å². The molecule has 0 fully saturated rings. The van der Waals surface area contributed by atoms with Crippen LogP contribution in [-0.4, -0.2) is 6.36 Å². The molecule has 0 amide bonds. The second kappa shape index (κ2) is 6.08. The molecule has 112 valence electrons. The largest absolute Gasteiger partial charge is 0.573 e. The number of aryl methyl sites for hydroxylation is 1. The fourth-order valence-electron chi connectivity index (χ4n) is 1.98. The lowest BCUT2D eigenvalue weighted by atomic mass is 10.0. The molecule has 0 aliphatic heterocycles. The standard InChI is InChI=1S/C16H16F3NO/c1-11-4-3-5-13(12(11)2)10-20-14-6-8-15(9-7-14)21-16(17,18)19/h3-9,20H,10H2,1-2H3. The highest BCUT2D eigenvalue weighted by molar-refractivity contribution is 5.47. The van der Waals surface area contributed by atoms with Gasteiger partial charge in [0.25, 0.3) is 0 Å². The second-order valence-electron chi connectivity index (χ2n) is 4.78. The van der Waals surface area contributed by atoms with Gasteiger partial charge in [-0.15, -0.1) is 13.2 Å². The molecular weight excluding hydrogens is 279 g/mol. The summed E-state index contributed by atoms with van der Waals surface area (Å²) in [7, 11) is 0. The molecule has 1 N–H and O–H groups in total. The van der Waals surface area contributed by atoms with E-state index >= 15 is 0 Å². The Morgan fingerprint density at radius 1 is 1.00 bits per heavy atom. The van der Waals surface area contributed by atoms with Gasteiger partial charge in [0.2, 0.25) is 0 Å². The van der Waals surface area contributed by atoms with Crippen LogP contribution in [0.5, 0.6) is 5.75 Å². The summed E-state index contributed by atoms with van der Waals surface area (Å²) in [5.74, 6) is -0.222. The van der Waals surface area contributed by atoms with E-state index in [-0.39, 0.29) is 5.75 Å². The van der Waals surface area contributed by atoms with Gasteiger partial charge in [0, 0.05) is 12.2 Å². The van der Waals surface area contributed by atoms with E-state index < -0.39 is 6.36 Å². The van der Waals surface area contributed by atoms with Gasteiger partial charge in [0.05, 0.1) is 0 Å². The Bertz CT molecular complexity index is 606. The van der Waals surface area contributed by atoms with Gasteiger partial charge in [-0.3, -0.25) is 0 Å². The number of hydrogen-bond acceptors (Lipinski definition) is 2. The Morgan fingerprint density at radius 3 is 2.29 bits per heavy atom. The molecule has 21 heavy (non-hydrogen) atoms. The molecule has 0 aliphatic carbocycles. The minimum absolute atomic E-state index is 0.222. The third-order valence-corrected chi connectivity index (χ3v) is 3.29. The van der Waals surface area contributed by atoms with Crippen molar-refractivity contribution in [2.45, 2.75) is 26.8 Å². The van der Waals surface area contributed by atoms with Crippen molar-refractivity contribution < 1.29 is 17.9 Å². The first-order valence-electron chi connectivity index (χ1n) is 6.50. The third-order valence-electron chi connectivity index (χ3n) is 3.29. The van der Waals surface area contributed by atoms with Crippen LogP contribution >= 0.6 is 0 Å². The Labute approximate surface area is 121 Å². The van der Waals surface area contributed by atoms with Gasteiger partial charge < -0.3 is 10.1 Å². The van der Waals surface area contributed by atoms with Crippen LogP contribution < -0.4 is 10.1 Å². The zero-order valence-electron chi connectivity index (χ0n) is 11.8. The molecule has 2 nitrogen and oxygen atoms in total. The molecule has 0 aromatic heterocycles. The van der Waals surface area contributed by atoms with Gasteiger partial charge >= 0.3 is 6.36 Å². The van der Waals surface area contributed by atoms with Crippen LogP contribution in [0.25, 0.3) is 0 Å². The molecule has 2 aromatic rings. The van der Waals surface area contributed by atoms with E-state index in [0.29, 0.717) is 6.54 Å². The van der Waals surface area contributed by atoms with Gasteiger partial charge in [-0.1, -0.05) is 18.2 Å². The van der Waals surface area contributed by atoms with Crippen LogP contribution in [0.3, 0.4) is 0 Å². The van der Waals surface area contributed by atoms with E-state index in [1.165, 1.54) is 23.3 Å². The fraction of sp³-hybridized carbons (Fsp3) is 0.250. The van der Waals surface area contributed by atoms with Gasteiger partial charge in [-0.05, 0) is 54.8 Å². The molecule has 0 bridgehead atoms. The Kier molecular flexibility index (Phi) is 4.40. The first kappa shape index (κ1) is 15.2. The van der Waals surface area contributed by atoms with Crippen molar-refractivity contribution >= 4 is 5.69 Å². The van der Waals surface area contributed by atoms with Crippen molar-refractivity contribution in [2.24, 2.45) is 0 Å². The molecule has 0 heterocycles. The maximum Gasteiger partial charge on any atom is 0.573 e. The van der Waals surface area contributed by atoms with Crippen LogP contribution in [0.15, 0.2) is 42.5 Å². The molecule has 0 radical (unpaired) electrons. The van der Waals surface area contributed by atoms with E-state index in [1.54, 1.807) is 12.1 Å². The molecule has 0 unspecified atom stereocenters. The number of alkyl halides is 3. The Hall–Kier alpha value is -2.17. The second-order valence-corrected chi connectivity index (χ2v) is 4.78. The van der Waals surface area contributed by atoms with Crippen molar-refractivity contribution in [3.63, 3.8) is 0 Å². The van der Waals surface area contributed by atoms with E-state index in [0.717, 1.165) is 11.3 Å². The minimum atomic E-state index is -4.66. The van der Waals surface area contributed by atoms with Gasteiger partial charge in [-0.2, -0.15) is 0 Å². The Morgan fingerprint density at radius 2 is 1.67 bits per heavy atom. The van der Waals surface area contributed by atoms with Crippen LogP contribution in [0.2, 0.25) is 0 Å². The van der Waals surface area contributed by atoms with Gasteiger partial charge in [0.1, 0.15) is 5.75 Å². The summed E-state index contributed by atoms with van der Waals surface area (Å²) in [6, 6.07) is 11.8. The monoisotopic (exact) mass is 295 g/mol. The number of hydrogen-bond donors (Lipinski definition) is 1. The first-order chi connectivity index (χ1) is 9.85. The lowest BCUT2D eigenvalue weighted by molar-refractivity contribution is -0.274. The summed E-state index contributed by atoms with van der Waals surface area (Å²) in [6.45, 7) is 4.71. The maximum atomic E-state index is 12.1. The molecule has 0 aliphatic rings. The van der Waals surface area contributed by atoms with Crippen LogP contribution in [0, 0.1) is 13.8 Å². The quantitative estimate of drug-likeness (QED) is 0.873. The SMILES string of the molecule is Cc1cccc(CNc2ccc(OC(F)(F)F)cc2)c1C. The number of nitrogens with one attached hydrogen (secondary N) is 1. The zero-order valence-corrected chi connectivity index (χ0v) is 11.8. The molecular formula is C16H16F3NO. The van der Waals surface area contributed by atoms with E-state index in [9.17, 15) is 13.2 Å². The number of halogens is 3. The van der Waals surface area contributed by atoms with Gasteiger partial charge in [-0.25, -0.2) is 0 Å². The highest BCUT2D eigenvalue weighted by Gasteiger charge is 2.30. The van der Waals surface area contributed by atoms with Crippen LogP contribution in [-0.2, 0) is 6.54 Å². The van der Waals surface area contributed by atoms with Crippen molar-refractivity contribution in [1.82, 2.24) is 0 Å². The molecule has 0 saturated carbocycles. The summed E-state index contributed by atoms with van der Waals surface area (Å²) < 4.78 is 40.0.